The Kier molecular flexibility index (Phi) is 5.08. The maximum atomic E-state index is 9.93. The Morgan fingerprint density at radius 1 is 1.20 bits per heavy atom. The van der Waals surface area contributed by atoms with E-state index in [0.29, 0.717) is 5.02 Å². The molecule has 0 amide bonds. The van der Waals surface area contributed by atoms with Crippen molar-refractivity contribution in [3.05, 3.63) is 63.6 Å². The third-order valence-electron chi connectivity index (χ3n) is 3.46. The Balaban J connectivity index is 2.39. The summed E-state index contributed by atoms with van der Waals surface area (Å²) in [7, 11) is 0. The molecule has 2 nitrogen and oxygen atoms in total. The first-order chi connectivity index (χ1) is 9.59. The molecule has 0 spiro atoms. The Morgan fingerprint density at radius 3 is 2.55 bits per heavy atom. The SMILES string of the molecule is CCC(CO)(Nc1cccc(Br)c1)c1cccc(Cl)c1. The highest BCUT2D eigenvalue weighted by atomic mass is 79.9. The van der Waals surface area contributed by atoms with Gasteiger partial charge in [-0.2, -0.15) is 0 Å². The summed E-state index contributed by atoms with van der Waals surface area (Å²) < 4.78 is 0.997. The third kappa shape index (κ3) is 3.35. The fraction of sp³-hybridized carbons (Fsp3) is 0.250. The zero-order valence-corrected chi connectivity index (χ0v) is 13.6. The van der Waals surface area contributed by atoms with Crippen LogP contribution >= 0.6 is 27.5 Å². The first kappa shape index (κ1) is 15.4. The summed E-state index contributed by atoms with van der Waals surface area (Å²) in [4.78, 5) is 0. The lowest BCUT2D eigenvalue weighted by molar-refractivity contribution is 0.207. The van der Waals surface area contributed by atoms with Crippen molar-refractivity contribution in [3.63, 3.8) is 0 Å². The Bertz CT molecular complexity index is 584. The Morgan fingerprint density at radius 2 is 1.95 bits per heavy atom. The van der Waals surface area contributed by atoms with Gasteiger partial charge in [-0.1, -0.05) is 52.7 Å². The van der Waals surface area contributed by atoms with E-state index in [4.69, 9.17) is 11.6 Å². The predicted octanol–water partition coefficient (Wildman–Crippen LogP) is 4.81. The molecule has 0 aromatic heterocycles. The molecule has 0 saturated heterocycles. The average molecular weight is 355 g/mol. The van der Waals surface area contributed by atoms with Crippen molar-refractivity contribution in [2.24, 2.45) is 0 Å². The van der Waals surface area contributed by atoms with Crippen LogP contribution in [-0.4, -0.2) is 11.7 Å². The van der Waals surface area contributed by atoms with Gasteiger partial charge in [0.25, 0.3) is 0 Å². The summed E-state index contributed by atoms with van der Waals surface area (Å²) in [5, 5.41) is 14.0. The summed E-state index contributed by atoms with van der Waals surface area (Å²) in [6.45, 7) is 2.04. The minimum atomic E-state index is -0.536. The van der Waals surface area contributed by atoms with Gasteiger partial charge in [0, 0.05) is 15.2 Å². The van der Waals surface area contributed by atoms with Gasteiger partial charge < -0.3 is 10.4 Å². The monoisotopic (exact) mass is 353 g/mol. The van der Waals surface area contributed by atoms with Gasteiger partial charge >= 0.3 is 0 Å². The average Bonchev–Trinajstić information content (AvgIpc) is 2.45. The predicted molar refractivity (Wildman–Crippen MR) is 88.3 cm³/mol. The van der Waals surface area contributed by atoms with E-state index in [-0.39, 0.29) is 6.61 Å². The number of halogens is 2. The van der Waals surface area contributed by atoms with Crippen LogP contribution in [0.3, 0.4) is 0 Å². The third-order valence-corrected chi connectivity index (χ3v) is 4.19. The minimum Gasteiger partial charge on any atom is -0.394 e. The highest BCUT2D eigenvalue weighted by molar-refractivity contribution is 9.10. The second kappa shape index (κ2) is 6.61. The molecule has 0 aliphatic rings. The van der Waals surface area contributed by atoms with Gasteiger partial charge in [-0.05, 0) is 42.3 Å². The molecule has 0 fully saturated rings. The molecule has 2 rings (SSSR count). The summed E-state index contributed by atoms with van der Waals surface area (Å²) in [5.41, 5.74) is 1.40. The molecular weight excluding hydrogens is 338 g/mol. The van der Waals surface area contributed by atoms with Crippen molar-refractivity contribution >= 4 is 33.2 Å². The van der Waals surface area contributed by atoms with Crippen molar-refractivity contribution in [3.8, 4) is 0 Å². The number of aliphatic hydroxyl groups is 1. The fourth-order valence-electron chi connectivity index (χ4n) is 2.24. The van der Waals surface area contributed by atoms with Gasteiger partial charge in [0.2, 0.25) is 0 Å². The Hall–Kier alpha value is -1.03. The molecule has 0 radical (unpaired) electrons. The second-order valence-corrected chi connectivity index (χ2v) is 6.09. The van der Waals surface area contributed by atoms with Crippen LogP contribution in [0.2, 0.25) is 5.02 Å². The normalized spacial score (nSPS) is 13.8. The lowest BCUT2D eigenvalue weighted by atomic mass is 9.87. The number of nitrogens with one attached hydrogen (secondary N) is 1. The van der Waals surface area contributed by atoms with Crippen molar-refractivity contribution in [2.75, 3.05) is 11.9 Å². The standard InChI is InChI=1S/C16H17BrClNO/c1-2-16(11-20,12-5-3-7-14(18)9-12)19-15-8-4-6-13(17)10-15/h3-10,19-20H,2,11H2,1H3. The molecular formula is C16H17BrClNO. The molecule has 106 valence electrons. The maximum Gasteiger partial charge on any atom is 0.0854 e. The molecule has 2 aromatic carbocycles. The van der Waals surface area contributed by atoms with E-state index >= 15 is 0 Å². The number of rotatable bonds is 5. The van der Waals surface area contributed by atoms with E-state index in [1.807, 2.05) is 55.5 Å². The molecule has 0 heterocycles. The molecule has 0 saturated carbocycles. The van der Waals surface area contributed by atoms with E-state index < -0.39 is 5.54 Å². The summed E-state index contributed by atoms with van der Waals surface area (Å²) >= 11 is 9.53. The van der Waals surface area contributed by atoms with Crippen LogP contribution in [0.5, 0.6) is 0 Å². The van der Waals surface area contributed by atoms with Crippen LogP contribution in [0.15, 0.2) is 53.0 Å². The molecule has 0 aliphatic carbocycles. The van der Waals surface area contributed by atoms with Crippen molar-refractivity contribution in [1.82, 2.24) is 0 Å². The van der Waals surface area contributed by atoms with Crippen LogP contribution in [0.25, 0.3) is 0 Å². The highest BCUT2D eigenvalue weighted by Crippen LogP contribution is 2.31. The van der Waals surface area contributed by atoms with E-state index in [2.05, 4.69) is 21.2 Å². The smallest absolute Gasteiger partial charge is 0.0854 e. The number of anilines is 1. The molecule has 1 atom stereocenters. The molecule has 20 heavy (non-hydrogen) atoms. The lowest BCUT2D eigenvalue weighted by Gasteiger charge is -2.34. The topological polar surface area (TPSA) is 32.3 Å². The first-order valence-corrected chi connectivity index (χ1v) is 7.67. The molecule has 0 bridgehead atoms. The minimum absolute atomic E-state index is 0.00362. The number of hydrogen-bond donors (Lipinski definition) is 2. The van der Waals surface area contributed by atoms with Crippen molar-refractivity contribution in [2.45, 2.75) is 18.9 Å². The molecule has 2 N–H and O–H groups in total. The van der Waals surface area contributed by atoms with Crippen LogP contribution in [-0.2, 0) is 5.54 Å². The van der Waals surface area contributed by atoms with E-state index in [1.54, 1.807) is 0 Å². The van der Waals surface area contributed by atoms with E-state index in [1.165, 1.54) is 0 Å². The van der Waals surface area contributed by atoms with Crippen LogP contribution in [0.1, 0.15) is 18.9 Å². The van der Waals surface area contributed by atoms with E-state index in [9.17, 15) is 5.11 Å². The fourth-order valence-corrected chi connectivity index (χ4v) is 2.83. The van der Waals surface area contributed by atoms with E-state index in [0.717, 1.165) is 22.1 Å². The van der Waals surface area contributed by atoms with Crippen LogP contribution < -0.4 is 5.32 Å². The molecule has 0 aliphatic heterocycles. The number of aliphatic hydroxyl groups excluding tert-OH is 1. The number of hydrogen-bond acceptors (Lipinski definition) is 2. The van der Waals surface area contributed by atoms with Crippen LogP contribution in [0.4, 0.5) is 5.69 Å². The van der Waals surface area contributed by atoms with Gasteiger partial charge in [-0.15, -0.1) is 0 Å². The summed E-state index contributed by atoms with van der Waals surface area (Å²) in [6, 6.07) is 15.5. The largest absolute Gasteiger partial charge is 0.394 e. The summed E-state index contributed by atoms with van der Waals surface area (Å²) in [6.07, 6.45) is 0.746. The lowest BCUT2D eigenvalue weighted by Crippen LogP contribution is -2.38. The van der Waals surface area contributed by atoms with Gasteiger partial charge in [-0.3, -0.25) is 0 Å². The molecule has 1 unspecified atom stereocenters. The van der Waals surface area contributed by atoms with Gasteiger partial charge in [0.15, 0.2) is 0 Å². The van der Waals surface area contributed by atoms with Crippen molar-refractivity contribution < 1.29 is 5.11 Å². The zero-order chi connectivity index (χ0) is 14.6. The first-order valence-electron chi connectivity index (χ1n) is 6.50. The van der Waals surface area contributed by atoms with Crippen molar-refractivity contribution in [1.29, 1.82) is 0 Å². The van der Waals surface area contributed by atoms with Crippen LogP contribution in [0, 0.1) is 0 Å². The molecule has 4 heteroatoms. The zero-order valence-electron chi connectivity index (χ0n) is 11.2. The summed E-state index contributed by atoms with van der Waals surface area (Å²) in [5.74, 6) is 0. The maximum absolute atomic E-state index is 9.93. The van der Waals surface area contributed by atoms with Gasteiger partial charge in [-0.25, -0.2) is 0 Å². The second-order valence-electron chi connectivity index (χ2n) is 4.74. The van der Waals surface area contributed by atoms with Gasteiger partial charge in [0.1, 0.15) is 0 Å². The highest BCUT2D eigenvalue weighted by Gasteiger charge is 2.29. The van der Waals surface area contributed by atoms with Gasteiger partial charge in [0.05, 0.1) is 12.1 Å². The Labute approximate surface area is 132 Å². The number of benzene rings is 2. The quantitative estimate of drug-likeness (QED) is 0.807. The molecule has 2 aromatic rings.